The van der Waals surface area contributed by atoms with Gasteiger partial charge >= 0.3 is 0 Å². The monoisotopic (exact) mass is 238 g/mol. The molecule has 7 nitrogen and oxygen atoms in total. The number of anilines is 3. The first-order chi connectivity index (χ1) is 8.00. The summed E-state index contributed by atoms with van der Waals surface area (Å²) in [7, 11) is 0. The molecule has 1 aromatic rings. The first-order valence-corrected chi connectivity index (χ1v) is 5.59. The number of nitrogens with one attached hydrogen (secondary N) is 1. The maximum atomic E-state index is 9.88. The van der Waals surface area contributed by atoms with Crippen LogP contribution in [0.25, 0.3) is 0 Å². The Labute approximate surface area is 99.8 Å². The lowest BCUT2D eigenvalue weighted by molar-refractivity contribution is 0.0350. The average Bonchev–Trinajstić information content (AvgIpc) is 2.28. The van der Waals surface area contributed by atoms with Crippen LogP contribution in [-0.2, 0) is 0 Å². The standard InChI is InChI=1S/C10H18N6O/c1-10(17)2-4-16(5-3-10)8-6-7(15-12)13-9(11)14-8/h6,17H,2-5,12H2,1H3,(H3,11,13,14,15). The fraction of sp³-hybridized carbons (Fsp3) is 0.600. The molecule has 0 aromatic carbocycles. The van der Waals surface area contributed by atoms with Gasteiger partial charge in [0.05, 0.1) is 5.60 Å². The summed E-state index contributed by atoms with van der Waals surface area (Å²) in [5, 5.41) is 9.88. The second-order valence-electron chi connectivity index (χ2n) is 4.60. The van der Waals surface area contributed by atoms with E-state index in [9.17, 15) is 5.11 Å². The molecule has 0 radical (unpaired) electrons. The Morgan fingerprint density at radius 3 is 2.65 bits per heavy atom. The van der Waals surface area contributed by atoms with Crippen LogP contribution in [0.15, 0.2) is 6.07 Å². The lowest BCUT2D eigenvalue weighted by Crippen LogP contribution is -2.42. The third kappa shape index (κ3) is 2.75. The highest BCUT2D eigenvalue weighted by atomic mass is 16.3. The fourth-order valence-corrected chi connectivity index (χ4v) is 1.91. The Hall–Kier alpha value is -1.60. The van der Waals surface area contributed by atoms with Gasteiger partial charge in [0.25, 0.3) is 0 Å². The smallest absolute Gasteiger partial charge is 0.223 e. The molecule has 2 rings (SSSR count). The number of nitrogen functional groups attached to an aromatic ring is 2. The number of nitrogens with zero attached hydrogens (tertiary/aromatic N) is 3. The average molecular weight is 238 g/mol. The van der Waals surface area contributed by atoms with E-state index in [4.69, 9.17) is 11.6 Å². The van der Waals surface area contributed by atoms with Crippen molar-refractivity contribution in [1.29, 1.82) is 0 Å². The predicted molar refractivity (Wildman–Crippen MR) is 66.3 cm³/mol. The van der Waals surface area contributed by atoms with E-state index in [1.807, 2.05) is 6.92 Å². The molecule has 0 atom stereocenters. The maximum absolute atomic E-state index is 9.88. The molecule has 7 heteroatoms. The van der Waals surface area contributed by atoms with Gasteiger partial charge in [-0.2, -0.15) is 9.97 Å². The predicted octanol–water partition coefficient (Wildman–Crippen LogP) is -0.304. The van der Waals surface area contributed by atoms with Gasteiger partial charge in [0, 0.05) is 19.2 Å². The van der Waals surface area contributed by atoms with Crippen LogP contribution in [0.1, 0.15) is 19.8 Å². The van der Waals surface area contributed by atoms with E-state index in [0.717, 1.165) is 18.9 Å². The van der Waals surface area contributed by atoms with Gasteiger partial charge in [0.15, 0.2) is 0 Å². The quantitative estimate of drug-likeness (QED) is 0.413. The Kier molecular flexibility index (Phi) is 3.03. The molecule has 1 aliphatic heterocycles. The van der Waals surface area contributed by atoms with E-state index in [0.29, 0.717) is 18.7 Å². The minimum atomic E-state index is -0.579. The van der Waals surface area contributed by atoms with Crippen molar-refractivity contribution < 1.29 is 5.11 Å². The van der Waals surface area contributed by atoms with Crippen LogP contribution in [0, 0.1) is 0 Å². The molecule has 0 bridgehead atoms. The highest BCUT2D eigenvalue weighted by Gasteiger charge is 2.28. The largest absolute Gasteiger partial charge is 0.390 e. The van der Waals surface area contributed by atoms with E-state index in [2.05, 4.69) is 20.3 Å². The van der Waals surface area contributed by atoms with Crippen LogP contribution >= 0.6 is 0 Å². The molecule has 0 saturated carbocycles. The molecule has 0 amide bonds. The molecule has 1 fully saturated rings. The first kappa shape index (κ1) is 11.9. The van der Waals surface area contributed by atoms with Gasteiger partial charge in [-0.1, -0.05) is 0 Å². The zero-order valence-corrected chi connectivity index (χ0v) is 9.85. The molecule has 1 aromatic heterocycles. The number of hydrogen-bond donors (Lipinski definition) is 4. The lowest BCUT2D eigenvalue weighted by atomic mass is 9.94. The SMILES string of the molecule is CC1(O)CCN(c2cc(NN)nc(N)n2)CC1. The third-order valence-electron chi connectivity index (χ3n) is 3.04. The highest BCUT2D eigenvalue weighted by Crippen LogP contribution is 2.25. The van der Waals surface area contributed by atoms with Crippen molar-refractivity contribution in [3.8, 4) is 0 Å². The van der Waals surface area contributed by atoms with E-state index in [-0.39, 0.29) is 5.95 Å². The maximum Gasteiger partial charge on any atom is 0.223 e. The van der Waals surface area contributed by atoms with Crippen molar-refractivity contribution in [3.63, 3.8) is 0 Å². The molecule has 94 valence electrons. The summed E-state index contributed by atoms with van der Waals surface area (Å²) in [5.74, 6) is 6.72. The summed E-state index contributed by atoms with van der Waals surface area (Å²) < 4.78 is 0. The molecule has 0 aliphatic carbocycles. The number of rotatable bonds is 2. The third-order valence-corrected chi connectivity index (χ3v) is 3.04. The summed E-state index contributed by atoms with van der Waals surface area (Å²) in [6.07, 6.45) is 1.42. The van der Waals surface area contributed by atoms with Gasteiger partial charge in [-0.3, -0.25) is 0 Å². The molecular weight excluding hydrogens is 220 g/mol. The summed E-state index contributed by atoms with van der Waals surface area (Å²) >= 11 is 0. The number of piperidine rings is 1. The van der Waals surface area contributed by atoms with Crippen LogP contribution < -0.4 is 21.9 Å². The number of nitrogens with two attached hydrogens (primary N) is 2. The molecule has 6 N–H and O–H groups in total. The zero-order valence-electron chi connectivity index (χ0n) is 9.85. The number of aromatic nitrogens is 2. The summed E-state index contributed by atoms with van der Waals surface area (Å²) in [6.45, 7) is 3.34. The molecular formula is C10H18N6O. The van der Waals surface area contributed by atoms with Crippen molar-refractivity contribution in [2.75, 3.05) is 29.1 Å². The van der Waals surface area contributed by atoms with Crippen molar-refractivity contribution in [2.24, 2.45) is 5.84 Å². The van der Waals surface area contributed by atoms with Crippen molar-refractivity contribution in [1.82, 2.24) is 9.97 Å². The van der Waals surface area contributed by atoms with Crippen LogP contribution in [0.4, 0.5) is 17.6 Å². The second-order valence-corrected chi connectivity index (χ2v) is 4.60. The van der Waals surface area contributed by atoms with E-state index >= 15 is 0 Å². The van der Waals surface area contributed by atoms with Crippen molar-refractivity contribution in [2.45, 2.75) is 25.4 Å². The Bertz CT molecular complexity index is 398. The second kappa shape index (κ2) is 4.34. The minimum Gasteiger partial charge on any atom is -0.390 e. The van der Waals surface area contributed by atoms with Gasteiger partial charge in [-0.25, -0.2) is 5.84 Å². The molecule has 17 heavy (non-hydrogen) atoms. The Morgan fingerprint density at radius 2 is 2.06 bits per heavy atom. The van der Waals surface area contributed by atoms with Crippen LogP contribution in [-0.4, -0.2) is 33.8 Å². The van der Waals surface area contributed by atoms with Gasteiger partial charge in [-0.05, 0) is 19.8 Å². The molecule has 0 spiro atoms. The number of aliphatic hydroxyl groups is 1. The normalized spacial score (nSPS) is 19.1. The number of hydrazine groups is 1. The van der Waals surface area contributed by atoms with Crippen LogP contribution in [0.2, 0.25) is 0 Å². The lowest BCUT2D eigenvalue weighted by Gasteiger charge is -2.36. The number of hydrogen-bond acceptors (Lipinski definition) is 7. The van der Waals surface area contributed by atoms with Crippen LogP contribution in [0.3, 0.4) is 0 Å². The highest BCUT2D eigenvalue weighted by molar-refractivity contribution is 5.52. The Morgan fingerprint density at radius 1 is 1.41 bits per heavy atom. The minimum absolute atomic E-state index is 0.188. The fourth-order valence-electron chi connectivity index (χ4n) is 1.91. The summed E-state index contributed by atoms with van der Waals surface area (Å²) in [4.78, 5) is 10.2. The first-order valence-electron chi connectivity index (χ1n) is 5.59. The van der Waals surface area contributed by atoms with Gasteiger partial charge in [0.2, 0.25) is 5.95 Å². The summed E-state index contributed by atoms with van der Waals surface area (Å²) in [6, 6.07) is 1.75. The zero-order chi connectivity index (χ0) is 12.5. The molecule has 1 aliphatic rings. The molecule has 0 unspecified atom stereocenters. The van der Waals surface area contributed by atoms with Gasteiger partial charge in [-0.15, -0.1) is 0 Å². The summed E-state index contributed by atoms with van der Waals surface area (Å²) in [5.41, 5.74) is 7.48. The van der Waals surface area contributed by atoms with Crippen molar-refractivity contribution in [3.05, 3.63) is 6.07 Å². The topological polar surface area (TPSA) is 113 Å². The molecule has 2 heterocycles. The Balaban J connectivity index is 2.15. The van der Waals surface area contributed by atoms with E-state index in [1.165, 1.54) is 0 Å². The van der Waals surface area contributed by atoms with E-state index in [1.54, 1.807) is 6.07 Å². The van der Waals surface area contributed by atoms with Crippen molar-refractivity contribution >= 4 is 17.6 Å². The van der Waals surface area contributed by atoms with E-state index < -0.39 is 5.60 Å². The van der Waals surface area contributed by atoms with Gasteiger partial charge in [0.1, 0.15) is 11.6 Å². The van der Waals surface area contributed by atoms with Gasteiger partial charge < -0.3 is 21.2 Å². The molecule has 1 saturated heterocycles. The van der Waals surface area contributed by atoms with Crippen LogP contribution in [0.5, 0.6) is 0 Å².